The summed E-state index contributed by atoms with van der Waals surface area (Å²) in [5, 5.41) is 11.2. The molecule has 1 aliphatic rings. The number of nitrogens with one attached hydrogen (secondary N) is 1. The molecular formula is C25H30FN3O. The van der Waals surface area contributed by atoms with Crippen molar-refractivity contribution in [1.29, 1.82) is 0 Å². The molecule has 2 aromatic heterocycles. The summed E-state index contributed by atoms with van der Waals surface area (Å²) >= 11 is 0. The summed E-state index contributed by atoms with van der Waals surface area (Å²) in [5.41, 5.74) is 3.75. The van der Waals surface area contributed by atoms with E-state index in [1.165, 1.54) is 43.6 Å². The van der Waals surface area contributed by atoms with Gasteiger partial charge in [-0.15, -0.1) is 0 Å². The zero-order valence-electron chi connectivity index (χ0n) is 17.8. The predicted octanol–water partition coefficient (Wildman–Crippen LogP) is 5.36. The van der Waals surface area contributed by atoms with Crippen molar-refractivity contribution in [3.8, 4) is 11.3 Å². The largest absolute Gasteiger partial charge is 0.385 e. The van der Waals surface area contributed by atoms with Gasteiger partial charge in [0, 0.05) is 17.7 Å². The second-order valence-corrected chi connectivity index (χ2v) is 8.71. The van der Waals surface area contributed by atoms with Gasteiger partial charge in [-0.05, 0) is 43.4 Å². The molecule has 1 aliphatic carbocycles. The van der Waals surface area contributed by atoms with E-state index in [0.717, 1.165) is 41.4 Å². The first-order valence-electron chi connectivity index (χ1n) is 11.0. The minimum Gasteiger partial charge on any atom is -0.385 e. The van der Waals surface area contributed by atoms with Gasteiger partial charge in [0.05, 0.1) is 23.2 Å². The van der Waals surface area contributed by atoms with Crippen LogP contribution in [0.1, 0.15) is 62.3 Å². The minimum atomic E-state index is -1.04. The number of benzene rings is 1. The van der Waals surface area contributed by atoms with Gasteiger partial charge in [-0.3, -0.25) is 4.98 Å². The standard InChI is InChI=1S/C25H30FN3O/c1-3-21-23(14-17-6-4-5-7-17)29-24(28-21)15-25(2,30)19-10-8-18(9-11-19)22-13-12-20(26)16-27-22/h8-13,16-17,30H,3-7,14-15H2,1-2H3,(H,28,29). The molecule has 1 fully saturated rings. The molecule has 0 radical (unpaired) electrons. The van der Waals surface area contributed by atoms with Crippen molar-refractivity contribution in [2.24, 2.45) is 5.92 Å². The van der Waals surface area contributed by atoms with Crippen molar-refractivity contribution in [3.05, 3.63) is 71.2 Å². The van der Waals surface area contributed by atoms with Crippen LogP contribution in [0.2, 0.25) is 0 Å². The van der Waals surface area contributed by atoms with Gasteiger partial charge in [0.25, 0.3) is 0 Å². The van der Waals surface area contributed by atoms with E-state index in [-0.39, 0.29) is 5.82 Å². The van der Waals surface area contributed by atoms with Gasteiger partial charge in [-0.2, -0.15) is 0 Å². The molecule has 0 bridgehead atoms. The average molecular weight is 408 g/mol. The van der Waals surface area contributed by atoms with Crippen LogP contribution in [0.4, 0.5) is 4.39 Å². The van der Waals surface area contributed by atoms with Gasteiger partial charge in [0.15, 0.2) is 0 Å². The molecule has 4 rings (SSSR count). The van der Waals surface area contributed by atoms with Crippen LogP contribution < -0.4 is 0 Å². The topological polar surface area (TPSA) is 61.8 Å². The molecule has 0 aliphatic heterocycles. The number of imidazole rings is 1. The third-order valence-electron chi connectivity index (χ3n) is 6.26. The highest BCUT2D eigenvalue weighted by atomic mass is 19.1. The number of halogens is 1. The Labute approximate surface area is 177 Å². The van der Waals surface area contributed by atoms with Gasteiger partial charge in [-0.25, -0.2) is 9.37 Å². The molecule has 0 saturated heterocycles. The molecule has 3 aromatic rings. The van der Waals surface area contributed by atoms with Gasteiger partial charge in [0.1, 0.15) is 11.6 Å². The molecule has 1 atom stereocenters. The van der Waals surface area contributed by atoms with E-state index in [4.69, 9.17) is 4.98 Å². The molecule has 2 heterocycles. The van der Waals surface area contributed by atoms with Crippen molar-refractivity contribution < 1.29 is 9.50 Å². The summed E-state index contributed by atoms with van der Waals surface area (Å²) in [5.74, 6) is 1.25. The summed E-state index contributed by atoms with van der Waals surface area (Å²) in [6.07, 6.45) is 8.91. The third kappa shape index (κ3) is 4.62. The summed E-state index contributed by atoms with van der Waals surface area (Å²) in [7, 11) is 0. The maximum Gasteiger partial charge on any atom is 0.141 e. The fraction of sp³-hybridized carbons (Fsp3) is 0.440. The quantitative estimate of drug-likeness (QED) is 0.554. The lowest BCUT2D eigenvalue weighted by Gasteiger charge is -2.23. The van der Waals surface area contributed by atoms with E-state index in [1.807, 2.05) is 31.2 Å². The molecule has 2 N–H and O–H groups in total. The zero-order valence-corrected chi connectivity index (χ0v) is 17.8. The monoisotopic (exact) mass is 407 g/mol. The molecule has 5 heteroatoms. The average Bonchev–Trinajstić information content (AvgIpc) is 3.38. The van der Waals surface area contributed by atoms with Crippen LogP contribution in [0.25, 0.3) is 11.3 Å². The summed E-state index contributed by atoms with van der Waals surface area (Å²) in [6, 6.07) is 10.7. The highest BCUT2D eigenvalue weighted by Crippen LogP contribution is 2.30. The van der Waals surface area contributed by atoms with Crippen LogP contribution in [-0.4, -0.2) is 20.1 Å². The van der Waals surface area contributed by atoms with Crippen molar-refractivity contribution >= 4 is 0 Å². The van der Waals surface area contributed by atoms with E-state index in [1.54, 1.807) is 6.07 Å². The van der Waals surface area contributed by atoms with Gasteiger partial charge in [0.2, 0.25) is 0 Å². The Morgan fingerprint density at radius 2 is 1.87 bits per heavy atom. The van der Waals surface area contributed by atoms with Crippen LogP contribution in [0.15, 0.2) is 42.6 Å². The first kappa shape index (κ1) is 20.7. The molecule has 0 amide bonds. The summed E-state index contributed by atoms with van der Waals surface area (Å²) in [6.45, 7) is 3.96. The predicted molar refractivity (Wildman–Crippen MR) is 117 cm³/mol. The maximum atomic E-state index is 13.1. The summed E-state index contributed by atoms with van der Waals surface area (Å²) in [4.78, 5) is 12.4. The normalized spacial score (nSPS) is 16.7. The van der Waals surface area contributed by atoms with Gasteiger partial charge < -0.3 is 10.1 Å². The van der Waals surface area contributed by atoms with Gasteiger partial charge in [-0.1, -0.05) is 56.9 Å². The maximum absolute atomic E-state index is 13.1. The molecule has 4 nitrogen and oxygen atoms in total. The molecule has 158 valence electrons. The number of nitrogens with zero attached hydrogens (tertiary/aromatic N) is 2. The van der Waals surface area contributed by atoms with E-state index >= 15 is 0 Å². The SMILES string of the molecule is CCc1nc(CC(C)(O)c2ccc(-c3ccc(F)cn3)cc2)[nH]c1CC1CCCC1. The van der Waals surface area contributed by atoms with Crippen LogP contribution in [0, 0.1) is 11.7 Å². The highest BCUT2D eigenvalue weighted by molar-refractivity contribution is 5.59. The van der Waals surface area contributed by atoms with Crippen molar-refractivity contribution in [2.75, 3.05) is 0 Å². The number of H-pyrrole nitrogens is 1. The van der Waals surface area contributed by atoms with Crippen LogP contribution >= 0.6 is 0 Å². The Balaban J connectivity index is 1.49. The third-order valence-corrected chi connectivity index (χ3v) is 6.26. The number of pyridine rings is 1. The number of aliphatic hydroxyl groups is 1. The van der Waals surface area contributed by atoms with Crippen molar-refractivity contribution in [1.82, 2.24) is 15.0 Å². The minimum absolute atomic E-state index is 0.351. The van der Waals surface area contributed by atoms with Crippen molar-refractivity contribution in [2.45, 2.75) is 64.4 Å². The Morgan fingerprint density at radius 3 is 2.50 bits per heavy atom. The Hall–Kier alpha value is -2.53. The van der Waals surface area contributed by atoms with Crippen LogP contribution in [0.5, 0.6) is 0 Å². The fourth-order valence-electron chi connectivity index (χ4n) is 4.53. The van der Waals surface area contributed by atoms with E-state index < -0.39 is 5.60 Å². The first-order valence-corrected chi connectivity index (χ1v) is 11.0. The lowest BCUT2D eigenvalue weighted by molar-refractivity contribution is 0.0556. The molecule has 0 spiro atoms. The number of hydrogen-bond acceptors (Lipinski definition) is 3. The Kier molecular flexibility index (Phi) is 6.00. The number of hydrogen-bond donors (Lipinski definition) is 2. The molecule has 1 unspecified atom stereocenters. The highest BCUT2D eigenvalue weighted by Gasteiger charge is 2.26. The second-order valence-electron chi connectivity index (χ2n) is 8.71. The number of aromatic amines is 1. The van der Waals surface area contributed by atoms with Gasteiger partial charge >= 0.3 is 0 Å². The van der Waals surface area contributed by atoms with Crippen LogP contribution in [0.3, 0.4) is 0 Å². The lowest BCUT2D eigenvalue weighted by atomic mass is 9.91. The molecule has 1 aromatic carbocycles. The lowest BCUT2D eigenvalue weighted by Crippen LogP contribution is -2.25. The van der Waals surface area contributed by atoms with E-state index in [0.29, 0.717) is 12.1 Å². The second kappa shape index (κ2) is 8.68. The molecular weight excluding hydrogens is 377 g/mol. The Bertz CT molecular complexity index is 971. The van der Waals surface area contributed by atoms with Crippen molar-refractivity contribution in [3.63, 3.8) is 0 Å². The Morgan fingerprint density at radius 1 is 1.13 bits per heavy atom. The first-order chi connectivity index (χ1) is 14.4. The smallest absolute Gasteiger partial charge is 0.141 e. The molecule has 30 heavy (non-hydrogen) atoms. The number of aryl methyl sites for hydroxylation is 1. The number of rotatable bonds is 7. The zero-order chi connectivity index (χ0) is 21.1. The van der Waals surface area contributed by atoms with Crippen LogP contribution in [-0.2, 0) is 24.9 Å². The van der Waals surface area contributed by atoms with E-state index in [9.17, 15) is 9.50 Å². The fourth-order valence-corrected chi connectivity index (χ4v) is 4.53. The molecule has 1 saturated carbocycles. The number of aromatic nitrogens is 3. The van der Waals surface area contributed by atoms with E-state index in [2.05, 4.69) is 16.9 Å². The summed E-state index contributed by atoms with van der Waals surface area (Å²) < 4.78 is 13.1.